The second-order valence-electron chi connectivity index (χ2n) is 7.84. The molecule has 4 aromatic rings. The molecule has 0 aliphatic carbocycles. The molecule has 0 spiro atoms. The zero-order chi connectivity index (χ0) is 20.6. The van der Waals surface area contributed by atoms with Crippen molar-refractivity contribution in [3.05, 3.63) is 88.8 Å². The summed E-state index contributed by atoms with van der Waals surface area (Å²) in [5.41, 5.74) is -0.0740. The van der Waals surface area contributed by atoms with E-state index in [9.17, 15) is 14.7 Å². The summed E-state index contributed by atoms with van der Waals surface area (Å²) in [5.74, 6) is -0.232. The molecule has 0 atom stereocenters. The van der Waals surface area contributed by atoms with Crippen LogP contribution in [0.2, 0.25) is 0 Å². The van der Waals surface area contributed by atoms with E-state index >= 15 is 0 Å². The summed E-state index contributed by atoms with van der Waals surface area (Å²) < 4.78 is 1.48. The predicted molar refractivity (Wildman–Crippen MR) is 116 cm³/mol. The van der Waals surface area contributed by atoms with Gasteiger partial charge in [0, 0.05) is 28.2 Å². The molecular formula is C24H22N2O3. The highest BCUT2D eigenvalue weighted by Crippen LogP contribution is 2.23. The lowest BCUT2D eigenvalue weighted by Gasteiger charge is -2.19. The molecule has 5 nitrogen and oxygen atoms in total. The summed E-state index contributed by atoms with van der Waals surface area (Å²) in [5, 5.41) is 16.2. The van der Waals surface area contributed by atoms with Crippen LogP contribution >= 0.6 is 0 Å². The fourth-order valence-corrected chi connectivity index (χ4v) is 3.49. The lowest BCUT2D eigenvalue weighted by Crippen LogP contribution is -2.32. The minimum absolute atomic E-state index is 0.190. The molecule has 0 saturated carbocycles. The summed E-state index contributed by atoms with van der Waals surface area (Å²) in [4.78, 5) is 25.6. The first-order chi connectivity index (χ1) is 13.8. The largest absolute Gasteiger partial charge is 0.389 e. The molecule has 0 radical (unpaired) electrons. The van der Waals surface area contributed by atoms with Crippen molar-refractivity contribution in [1.29, 1.82) is 0 Å². The van der Waals surface area contributed by atoms with Crippen molar-refractivity contribution in [2.75, 3.05) is 5.32 Å². The van der Waals surface area contributed by atoms with Gasteiger partial charge in [-0.1, -0.05) is 36.4 Å². The second-order valence-corrected chi connectivity index (χ2v) is 7.84. The van der Waals surface area contributed by atoms with Crippen LogP contribution in [-0.4, -0.2) is 21.2 Å². The molecule has 0 aliphatic rings. The smallest absolute Gasteiger partial charge is 0.258 e. The fraction of sp³-hybridized carbons (Fsp3) is 0.167. The molecule has 1 heterocycles. The number of aliphatic hydroxyl groups is 1. The highest BCUT2D eigenvalue weighted by molar-refractivity contribution is 6.10. The number of carbonyl (C=O) groups is 1. The van der Waals surface area contributed by atoms with Crippen LogP contribution in [0.1, 0.15) is 24.2 Å². The Labute approximate surface area is 168 Å². The third-order valence-corrected chi connectivity index (χ3v) is 4.84. The highest BCUT2D eigenvalue weighted by atomic mass is 16.3. The molecule has 0 aliphatic heterocycles. The molecule has 2 N–H and O–H groups in total. The molecule has 0 bridgehead atoms. The first-order valence-electron chi connectivity index (χ1n) is 9.46. The third kappa shape index (κ3) is 3.91. The van der Waals surface area contributed by atoms with Gasteiger partial charge in [-0.25, -0.2) is 0 Å². The van der Waals surface area contributed by atoms with Gasteiger partial charge in [-0.3, -0.25) is 9.59 Å². The van der Waals surface area contributed by atoms with E-state index in [0.29, 0.717) is 22.0 Å². The Bertz CT molecular complexity index is 1280. The molecule has 4 rings (SSSR count). The van der Waals surface area contributed by atoms with Crippen molar-refractivity contribution in [3.63, 3.8) is 0 Å². The quantitative estimate of drug-likeness (QED) is 0.553. The van der Waals surface area contributed by atoms with Crippen LogP contribution in [0.4, 0.5) is 5.69 Å². The summed E-state index contributed by atoms with van der Waals surface area (Å²) in [7, 11) is 0. The molecular weight excluding hydrogens is 364 g/mol. The Hall–Kier alpha value is -3.44. The Kier molecular flexibility index (Phi) is 4.68. The molecule has 1 amide bonds. The van der Waals surface area contributed by atoms with Crippen LogP contribution in [0.15, 0.2) is 77.7 Å². The second kappa shape index (κ2) is 7.18. The average Bonchev–Trinajstić information content (AvgIpc) is 2.69. The number of hydrogen-bond donors (Lipinski definition) is 2. The lowest BCUT2D eigenvalue weighted by molar-refractivity contribution is 0.0606. The SMILES string of the molecule is CC(C)(O)Cn1ccc2c(NC(=O)c3ccc4ccccc4c3)cccc2c1=O. The van der Waals surface area contributed by atoms with Gasteiger partial charge >= 0.3 is 0 Å². The van der Waals surface area contributed by atoms with Crippen molar-refractivity contribution in [3.8, 4) is 0 Å². The van der Waals surface area contributed by atoms with Crippen LogP contribution in [0.5, 0.6) is 0 Å². The molecule has 5 heteroatoms. The Balaban J connectivity index is 1.69. The van der Waals surface area contributed by atoms with E-state index < -0.39 is 5.60 Å². The Morgan fingerprint density at radius 1 is 0.966 bits per heavy atom. The normalized spacial score (nSPS) is 11.7. The number of benzene rings is 3. The topological polar surface area (TPSA) is 71.3 Å². The van der Waals surface area contributed by atoms with Gasteiger partial charge < -0.3 is 15.0 Å². The average molecular weight is 386 g/mol. The summed E-state index contributed by atoms with van der Waals surface area (Å²) >= 11 is 0. The van der Waals surface area contributed by atoms with E-state index in [2.05, 4.69) is 5.32 Å². The minimum Gasteiger partial charge on any atom is -0.389 e. The molecule has 29 heavy (non-hydrogen) atoms. The zero-order valence-electron chi connectivity index (χ0n) is 16.3. The number of amides is 1. The number of aromatic nitrogens is 1. The van der Waals surface area contributed by atoms with Gasteiger partial charge in [-0.2, -0.15) is 0 Å². The van der Waals surface area contributed by atoms with E-state index in [-0.39, 0.29) is 18.0 Å². The number of pyridine rings is 1. The van der Waals surface area contributed by atoms with Gasteiger partial charge in [0.25, 0.3) is 11.5 Å². The maximum atomic E-state index is 12.8. The van der Waals surface area contributed by atoms with Gasteiger partial charge in [0.05, 0.1) is 12.1 Å². The van der Waals surface area contributed by atoms with Crippen molar-refractivity contribution in [1.82, 2.24) is 4.57 Å². The van der Waals surface area contributed by atoms with Crippen LogP contribution in [0.3, 0.4) is 0 Å². The van der Waals surface area contributed by atoms with Crippen molar-refractivity contribution >= 4 is 33.1 Å². The number of carbonyl (C=O) groups excluding carboxylic acids is 1. The van der Waals surface area contributed by atoms with Crippen molar-refractivity contribution in [2.45, 2.75) is 26.0 Å². The predicted octanol–water partition coefficient (Wildman–Crippen LogP) is 4.18. The van der Waals surface area contributed by atoms with E-state index in [4.69, 9.17) is 0 Å². The molecule has 0 fully saturated rings. The number of hydrogen-bond acceptors (Lipinski definition) is 3. The first kappa shape index (κ1) is 18.9. The third-order valence-electron chi connectivity index (χ3n) is 4.84. The zero-order valence-corrected chi connectivity index (χ0v) is 16.3. The number of anilines is 1. The number of nitrogens with one attached hydrogen (secondary N) is 1. The first-order valence-corrected chi connectivity index (χ1v) is 9.46. The number of rotatable bonds is 4. The lowest BCUT2D eigenvalue weighted by atomic mass is 10.1. The van der Waals surface area contributed by atoms with Crippen LogP contribution < -0.4 is 10.9 Å². The Morgan fingerprint density at radius 3 is 2.48 bits per heavy atom. The van der Waals surface area contributed by atoms with Crippen molar-refractivity contribution in [2.24, 2.45) is 0 Å². The maximum Gasteiger partial charge on any atom is 0.258 e. The summed E-state index contributed by atoms with van der Waals surface area (Å²) in [6.45, 7) is 3.50. The van der Waals surface area contributed by atoms with Gasteiger partial charge in [0.15, 0.2) is 0 Å². The molecule has 3 aromatic carbocycles. The van der Waals surface area contributed by atoms with E-state index in [1.807, 2.05) is 36.4 Å². The van der Waals surface area contributed by atoms with Gasteiger partial charge in [0.2, 0.25) is 0 Å². The van der Waals surface area contributed by atoms with Crippen molar-refractivity contribution < 1.29 is 9.90 Å². The fourth-order valence-electron chi connectivity index (χ4n) is 3.49. The molecule has 0 unspecified atom stereocenters. The highest BCUT2D eigenvalue weighted by Gasteiger charge is 2.16. The summed E-state index contributed by atoms with van der Waals surface area (Å²) in [6.07, 6.45) is 1.65. The van der Waals surface area contributed by atoms with Crippen LogP contribution in [0, 0.1) is 0 Å². The molecule has 146 valence electrons. The Morgan fingerprint density at radius 2 is 1.72 bits per heavy atom. The van der Waals surface area contributed by atoms with E-state index in [1.165, 1.54) is 4.57 Å². The standard InChI is InChI=1S/C24H22N2O3/c1-24(2,29)15-26-13-12-19-20(23(26)28)8-5-9-21(19)25-22(27)18-11-10-16-6-3-4-7-17(16)14-18/h3-14,29H,15H2,1-2H3,(H,25,27). The van der Waals surface area contributed by atoms with Gasteiger partial charge in [-0.15, -0.1) is 0 Å². The van der Waals surface area contributed by atoms with Crippen LogP contribution in [0.25, 0.3) is 21.5 Å². The maximum absolute atomic E-state index is 12.8. The summed E-state index contributed by atoms with van der Waals surface area (Å²) in [6, 6.07) is 20.5. The number of fused-ring (bicyclic) bond motifs is 2. The molecule has 0 saturated heterocycles. The van der Waals surface area contributed by atoms with E-state index in [0.717, 1.165) is 10.8 Å². The minimum atomic E-state index is -1.00. The molecule has 1 aromatic heterocycles. The monoisotopic (exact) mass is 386 g/mol. The van der Waals surface area contributed by atoms with Gasteiger partial charge in [0.1, 0.15) is 0 Å². The van der Waals surface area contributed by atoms with E-state index in [1.54, 1.807) is 50.4 Å². The van der Waals surface area contributed by atoms with Gasteiger partial charge in [-0.05, 0) is 55.0 Å². The van der Waals surface area contributed by atoms with Crippen LogP contribution in [-0.2, 0) is 6.54 Å². The number of nitrogens with zero attached hydrogens (tertiary/aromatic N) is 1.